The Bertz CT molecular complexity index is 153. The molecule has 2 N–H and O–H groups in total. The SMILES string of the molecule is C=CC(=O)O.C[CH]([Hf])C(=O)O. The molecule has 0 aliphatic rings. The van der Waals surface area contributed by atoms with Crippen LogP contribution in [0, 0.1) is 0 Å². The molecule has 0 heterocycles. The van der Waals surface area contributed by atoms with Crippen LogP contribution in [0.5, 0.6) is 0 Å². The molecule has 0 aromatic rings. The number of carboxylic acid groups (broad SMARTS) is 2. The molecule has 0 saturated carbocycles. The fourth-order valence-electron chi connectivity index (χ4n) is 0. The van der Waals surface area contributed by atoms with Crippen LogP contribution >= 0.6 is 0 Å². The third-order valence-electron chi connectivity index (χ3n) is 0.545. The monoisotopic (exact) mass is 325 g/mol. The molecular formula is C6H9HfO4. The van der Waals surface area contributed by atoms with Gasteiger partial charge in [0.25, 0.3) is 0 Å². The van der Waals surface area contributed by atoms with Gasteiger partial charge in [-0.1, -0.05) is 6.58 Å². The zero-order chi connectivity index (χ0) is 9.44. The first kappa shape index (κ1) is 13.2. The van der Waals surface area contributed by atoms with Crippen molar-refractivity contribution in [2.75, 3.05) is 0 Å². The maximum atomic E-state index is 9.73. The summed E-state index contributed by atoms with van der Waals surface area (Å²) in [5.74, 6) is -1.66. The first-order chi connectivity index (χ1) is 4.91. The van der Waals surface area contributed by atoms with E-state index in [1.54, 1.807) is 6.92 Å². The van der Waals surface area contributed by atoms with Crippen molar-refractivity contribution in [3.05, 3.63) is 12.7 Å². The number of carbonyl (C=O) groups is 2. The molecule has 0 rings (SSSR count). The Morgan fingerprint density at radius 3 is 1.73 bits per heavy atom. The van der Waals surface area contributed by atoms with Gasteiger partial charge in [-0.15, -0.1) is 0 Å². The zero-order valence-electron chi connectivity index (χ0n) is 6.07. The Labute approximate surface area is 79.5 Å². The molecule has 1 atom stereocenters. The van der Waals surface area contributed by atoms with E-state index in [1.165, 1.54) is 0 Å². The summed E-state index contributed by atoms with van der Waals surface area (Å²) in [5.41, 5.74) is 0. The van der Waals surface area contributed by atoms with E-state index in [9.17, 15) is 9.59 Å². The summed E-state index contributed by atoms with van der Waals surface area (Å²) in [6.45, 7) is 4.66. The molecule has 0 aliphatic carbocycles. The van der Waals surface area contributed by atoms with Gasteiger partial charge in [-0.05, 0) is 0 Å². The quantitative estimate of drug-likeness (QED) is 0.579. The van der Waals surface area contributed by atoms with E-state index in [1.807, 2.05) is 0 Å². The van der Waals surface area contributed by atoms with Crippen molar-refractivity contribution in [1.82, 2.24) is 0 Å². The fraction of sp³-hybridized carbons (Fsp3) is 0.333. The second-order valence-electron chi connectivity index (χ2n) is 1.60. The number of hydrogen-bond donors (Lipinski definition) is 2. The van der Waals surface area contributed by atoms with Gasteiger partial charge in [0.1, 0.15) is 0 Å². The van der Waals surface area contributed by atoms with Gasteiger partial charge < -0.3 is 5.11 Å². The Morgan fingerprint density at radius 2 is 1.73 bits per heavy atom. The Kier molecular flexibility index (Phi) is 9.16. The predicted molar refractivity (Wildman–Crippen MR) is 34.9 cm³/mol. The molecule has 0 aromatic heterocycles. The summed E-state index contributed by atoms with van der Waals surface area (Å²) >= 11 is 0.754. The third-order valence-corrected chi connectivity index (χ3v) is 1.43. The Morgan fingerprint density at radius 1 is 1.55 bits per heavy atom. The van der Waals surface area contributed by atoms with Gasteiger partial charge in [0.05, 0.1) is 0 Å². The van der Waals surface area contributed by atoms with E-state index < -0.39 is 11.9 Å². The van der Waals surface area contributed by atoms with Gasteiger partial charge in [0, 0.05) is 6.08 Å². The minimum atomic E-state index is -0.981. The number of rotatable bonds is 2. The molecule has 0 aliphatic heterocycles. The molecule has 4 nitrogen and oxygen atoms in total. The van der Waals surface area contributed by atoms with Crippen molar-refractivity contribution in [1.29, 1.82) is 0 Å². The fourth-order valence-corrected chi connectivity index (χ4v) is 0. The predicted octanol–water partition coefficient (Wildman–Crippen LogP) is 0.683. The van der Waals surface area contributed by atoms with Gasteiger partial charge >= 0.3 is 56.8 Å². The molecule has 0 spiro atoms. The van der Waals surface area contributed by atoms with Gasteiger partial charge in [-0.3, -0.25) is 0 Å². The first-order valence-electron chi connectivity index (χ1n) is 2.71. The van der Waals surface area contributed by atoms with E-state index in [4.69, 9.17) is 10.2 Å². The Hall–Kier alpha value is -0.450. The maximum absolute atomic E-state index is 9.73. The molecule has 61 valence electrons. The second kappa shape index (κ2) is 7.65. The van der Waals surface area contributed by atoms with Crippen LogP contribution in [-0.2, 0) is 34.0 Å². The van der Waals surface area contributed by atoms with Crippen molar-refractivity contribution in [2.45, 2.75) is 10.6 Å². The third kappa shape index (κ3) is 17.7. The van der Waals surface area contributed by atoms with Crippen LogP contribution in [0.25, 0.3) is 0 Å². The summed E-state index contributed by atoms with van der Waals surface area (Å²) < 4.78 is -0.0926. The standard InChI is InChI=1S/C3H5O2.C3H4O2.Hf/c2*1-2-3(4)5;/h2H,1H3,(H,4,5);2H,1H2,(H,4,5);. The summed E-state index contributed by atoms with van der Waals surface area (Å²) in [5, 5.41) is 15.6. The molecule has 1 unspecified atom stereocenters. The summed E-state index contributed by atoms with van der Waals surface area (Å²) in [4.78, 5) is 19.0. The minimum absolute atomic E-state index is 0.0926. The zero-order valence-corrected chi connectivity index (χ0v) is 9.67. The van der Waals surface area contributed by atoms with Crippen molar-refractivity contribution >= 4 is 11.9 Å². The van der Waals surface area contributed by atoms with E-state index in [0.29, 0.717) is 0 Å². The van der Waals surface area contributed by atoms with Crippen molar-refractivity contribution < 1.29 is 44.2 Å². The van der Waals surface area contributed by atoms with Gasteiger partial charge in [0.15, 0.2) is 0 Å². The molecule has 0 fully saturated rings. The molecule has 0 aromatic carbocycles. The van der Waals surface area contributed by atoms with E-state index in [2.05, 4.69) is 6.58 Å². The summed E-state index contributed by atoms with van der Waals surface area (Å²) in [6, 6.07) is 0. The topological polar surface area (TPSA) is 74.6 Å². The van der Waals surface area contributed by atoms with Crippen LogP contribution in [0.1, 0.15) is 6.92 Å². The average Bonchev–Trinajstić information content (AvgIpc) is 1.89. The number of carboxylic acids is 2. The molecule has 0 saturated heterocycles. The van der Waals surface area contributed by atoms with E-state index >= 15 is 0 Å². The van der Waals surface area contributed by atoms with Crippen molar-refractivity contribution in [3.63, 3.8) is 0 Å². The van der Waals surface area contributed by atoms with Crippen LogP contribution in [0.2, 0.25) is 3.67 Å². The van der Waals surface area contributed by atoms with Crippen LogP contribution in [0.4, 0.5) is 0 Å². The van der Waals surface area contributed by atoms with Gasteiger partial charge in [0.2, 0.25) is 0 Å². The van der Waals surface area contributed by atoms with Crippen LogP contribution in [0.3, 0.4) is 0 Å². The van der Waals surface area contributed by atoms with Crippen molar-refractivity contribution in [3.8, 4) is 0 Å². The van der Waals surface area contributed by atoms with Gasteiger partial charge in [-0.25, -0.2) is 4.79 Å². The molecule has 11 heavy (non-hydrogen) atoms. The second-order valence-corrected chi connectivity index (χ2v) is 4.71. The number of hydrogen-bond acceptors (Lipinski definition) is 2. The first-order valence-corrected chi connectivity index (χ1v) is 4.78. The molecule has 5 heteroatoms. The molecule has 0 radical (unpaired) electrons. The summed E-state index contributed by atoms with van der Waals surface area (Å²) in [6.07, 6.45) is 0.833. The van der Waals surface area contributed by atoms with Gasteiger partial charge in [-0.2, -0.15) is 0 Å². The van der Waals surface area contributed by atoms with E-state index in [-0.39, 0.29) is 3.67 Å². The van der Waals surface area contributed by atoms with Crippen molar-refractivity contribution in [2.24, 2.45) is 0 Å². The van der Waals surface area contributed by atoms with E-state index in [0.717, 1.165) is 30.5 Å². The Balaban J connectivity index is 0. The molecule has 0 amide bonds. The molecule has 0 bridgehead atoms. The summed E-state index contributed by atoms with van der Waals surface area (Å²) in [7, 11) is 0. The molecular weight excluding hydrogens is 315 g/mol. The van der Waals surface area contributed by atoms with Crippen LogP contribution in [0.15, 0.2) is 12.7 Å². The normalized spacial score (nSPS) is 10.2. The average molecular weight is 324 g/mol. The van der Waals surface area contributed by atoms with Crippen LogP contribution in [-0.4, -0.2) is 22.2 Å². The van der Waals surface area contributed by atoms with Crippen LogP contribution < -0.4 is 0 Å². The number of aliphatic carboxylic acids is 2.